The topological polar surface area (TPSA) is 116 Å². The highest BCUT2D eigenvalue weighted by Crippen LogP contribution is 2.27. The molecule has 0 aliphatic carbocycles. The predicted octanol–water partition coefficient (Wildman–Crippen LogP) is 3.02. The summed E-state index contributed by atoms with van der Waals surface area (Å²) in [5.74, 6) is -0.251. The number of nitro groups is 1. The van der Waals surface area contributed by atoms with Gasteiger partial charge in [0.25, 0.3) is 11.6 Å². The van der Waals surface area contributed by atoms with E-state index in [0.29, 0.717) is 26.1 Å². The van der Waals surface area contributed by atoms with E-state index in [-0.39, 0.29) is 35.4 Å². The van der Waals surface area contributed by atoms with E-state index < -0.39 is 11.0 Å². The number of carboxylic acid groups (broad SMARTS) is 1. The van der Waals surface area contributed by atoms with Crippen molar-refractivity contribution in [3.05, 3.63) is 33.9 Å². The Bertz CT molecular complexity index is 705. The van der Waals surface area contributed by atoms with Crippen LogP contribution >= 0.6 is 0 Å². The monoisotopic (exact) mass is 378 g/mol. The molecule has 27 heavy (non-hydrogen) atoms. The number of likely N-dealkylation sites (tertiary alicyclic amines) is 1. The van der Waals surface area contributed by atoms with Crippen LogP contribution in [0.4, 0.5) is 16.2 Å². The third-order valence-corrected chi connectivity index (χ3v) is 4.89. The van der Waals surface area contributed by atoms with Crippen LogP contribution in [0.3, 0.4) is 0 Å². The standard InChI is InChI=1S/C18H26N4O5/c1-3-20(4-2)17(23)13-8-9-15(16(11-13)22(26)27)19-12-14-7-5-6-10-21(14)18(24)25/h8-9,11,14,19H,3-7,10,12H2,1-2H3,(H,24,25). The van der Waals surface area contributed by atoms with E-state index in [4.69, 9.17) is 0 Å². The molecule has 1 aliphatic heterocycles. The highest BCUT2D eigenvalue weighted by Gasteiger charge is 2.27. The van der Waals surface area contributed by atoms with Crippen LogP contribution < -0.4 is 5.32 Å². The first-order valence-corrected chi connectivity index (χ1v) is 9.20. The maximum Gasteiger partial charge on any atom is 0.407 e. The molecule has 2 amide bonds. The number of rotatable bonds is 7. The molecule has 0 saturated carbocycles. The van der Waals surface area contributed by atoms with Crippen molar-refractivity contribution in [3.63, 3.8) is 0 Å². The normalized spacial score (nSPS) is 16.7. The number of hydrogen-bond donors (Lipinski definition) is 2. The quantitative estimate of drug-likeness (QED) is 0.556. The SMILES string of the molecule is CCN(CC)C(=O)c1ccc(NCC2CCCCN2C(=O)O)c([N+](=O)[O-])c1. The minimum absolute atomic E-state index is 0.189. The number of carbonyl (C=O) groups excluding carboxylic acids is 1. The van der Waals surface area contributed by atoms with E-state index in [9.17, 15) is 24.8 Å². The van der Waals surface area contributed by atoms with E-state index in [1.807, 2.05) is 13.8 Å². The molecule has 1 heterocycles. The zero-order valence-electron chi connectivity index (χ0n) is 15.7. The lowest BCUT2D eigenvalue weighted by Gasteiger charge is -2.33. The van der Waals surface area contributed by atoms with Crippen LogP contribution in [0.5, 0.6) is 0 Å². The van der Waals surface area contributed by atoms with Gasteiger partial charge in [-0.3, -0.25) is 14.9 Å². The summed E-state index contributed by atoms with van der Waals surface area (Å²) in [4.78, 5) is 37.7. The molecule has 9 nitrogen and oxygen atoms in total. The molecule has 1 unspecified atom stereocenters. The van der Waals surface area contributed by atoms with Crippen molar-refractivity contribution in [2.75, 3.05) is 31.5 Å². The lowest BCUT2D eigenvalue weighted by atomic mass is 10.0. The number of nitrogens with one attached hydrogen (secondary N) is 1. The second-order valence-corrected chi connectivity index (χ2v) is 6.47. The van der Waals surface area contributed by atoms with Gasteiger partial charge in [0, 0.05) is 37.8 Å². The van der Waals surface area contributed by atoms with Crippen LogP contribution in [0.1, 0.15) is 43.5 Å². The minimum Gasteiger partial charge on any atom is -0.465 e. The van der Waals surface area contributed by atoms with Gasteiger partial charge in [-0.1, -0.05) is 0 Å². The number of carbonyl (C=O) groups is 2. The summed E-state index contributed by atoms with van der Waals surface area (Å²) in [7, 11) is 0. The molecule has 1 saturated heterocycles. The highest BCUT2D eigenvalue weighted by molar-refractivity contribution is 5.95. The highest BCUT2D eigenvalue weighted by atomic mass is 16.6. The van der Waals surface area contributed by atoms with Crippen molar-refractivity contribution in [2.45, 2.75) is 39.2 Å². The fourth-order valence-electron chi connectivity index (χ4n) is 3.35. The van der Waals surface area contributed by atoms with Gasteiger partial charge >= 0.3 is 6.09 Å². The molecule has 0 radical (unpaired) electrons. The number of hydrogen-bond acceptors (Lipinski definition) is 5. The zero-order chi connectivity index (χ0) is 20.0. The summed E-state index contributed by atoms with van der Waals surface area (Å²) in [6.45, 7) is 5.51. The van der Waals surface area contributed by atoms with Gasteiger partial charge in [0.1, 0.15) is 5.69 Å². The minimum atomic E-state index is -0.976. The molecule has 148 valence electrons. The van der Waals surface area contributed by atoms with Crippen LogP contribution in [0.25, 0.3) is 0 Å². The van der Waals surface area contributed by atoms with E-state index >= 15 is 0 Å². The Hall–Kier alpha value is -2.84. The van der Waals surface area contributed by atoms with Gasteiger partial charge in [-0.05, 0) is 45.2 Å². The maximum absolute atomic E-state index is 12.4. The summed E-state index contributed by atoms with van der Waals surface area (Å²) >= 11 is 0. The van der Waals surface area contributed by atoms with Gasteiger partial charge in [0.2, 0.25) is 0 Å². The maximum atomic E-state index is 12.4. The lowest BCUT2D eigenvalue weighted by molar-refractivity contribution is -0.384. The molecule has 9 heteroatoms. The van der Waals surface area contributed by atoms with Gasteiger partial charge in [0.15, 0.2) is 0 Å². The Balaban J connectivity index is 2.18. The van der Waals surface area contributed by atoms with E-state index in [1.54, 1.807) is 11.0 Å². The third-order valence-electron chi connectivity index (χ3n) is 4.89. The number of piperidine rings is 1. The van der Waals surface area contributed by atoms with Crippen molar-refractivity contribution in [2.24, 2.45) is 0 Å². The number of nitrogens with zero attached hydrogens (tertiary/aromatic N) is 3. The number of benzene rings is 1. The second kappa shape index (κ2) is 9.20. The molecule has 0 spiro atoms. The zero-order valence-corrected chi connectivity index (χ0v) is 15.7. The van der Waals surface area contributed by atoms with E-state index in [1.165, 1.54) is 17.0 Å². The summed E-state index contributed by atoms with van der Waals surface area (Å²) < 4.78 is 0. The van der Waals surface area contributed by atoms with Gasteiger partial charge in [0.05, 0.1) is 11.0 Å². The van der Waals surface area contributed by atoms with Crippen molar-refractivity contribution in [1.82, 2.24) is 9.80 Å². The average Bonchev–Trinajstić information content (AvgIpc) is 2.67. The molecule has 1 aromatic carbocycles. The Labute approximate surface area is 158 Å². The van der Waals surface area contributed by atoms with Gasteiger partial charge in [-0.15, -0.1) is 0 Å². The van der Waals surface area contributed by atoms with Crippen molar-refractivity contribution in [1.29, 1.82) is 0 Å². The molecule has 2 N–H and O–H groups in total. The summed E-state index contributed by atoms with van der Waals surface area (Å²) in [6.07, 6.45) is 1.49. The molecule has 2 rings (SSSR count). The first-order chi connectivity index (χ1) is 12.9. The second-order valence-electron chi connectivity index (χ2n) is 6.47. The van der Waals surface area contributed by atoms with Gasteiger partial charge in [-0.2, -0.15) is 0 Å². The summed E-state index contributed by atoms with van der Waals surface area (Å²) in [5.41, 5.74) is 0.360. The smallest absolute Gasteiger partial charge is 0.407 e. The molecule has 1 atom stereocenters. The summed E-state index contributed by atoms with van der Waals surface area (Å²) in [6, 6.07) is 4.13. The number of anilines is 1. The fraction of sp³-hybridized carbons (Fsp3) is 0.556. The Morgan fingerprint density at radius 1 is 1.33 bits per heavy atom. The lowest BCUT2D eigenvalue weighted by Crippen LogP contribution is -2.46. The van der Waals surface area contributed by atoms with Crippen molar-refractivity contribution < 1.29 is 19.6 Å². The number of nitro benzene ring substituents is 1. The molecule has 1 aromatic rings. The van der Waals surface area contributed by atoms with Crippen LogP contribution in [-0.4, -0.2) is 64.1 Å². The predicted molar refractivity (Wildman–Crippen MR) is 101 cm³/mol. The van der Waals surface area contributed by atoms with Crippen molar-refractivity contribution in [3.8, 4) is 0 Å². The first kappa shape index (κ1) is 20.5. The Morgan fingerprint density at radius 2 is 2.04 bits per heavy atom. The van der Waals surface area contributed by atoms with Crippen LogP contribution in [0.15, 0.2) is 18.2 Å². The first-order valence-electron chi connectivity index (χ1n) is 9.20. The van der Waals surface area contributed by atoms with Crippen molar-refractivity contribution >= 4 is 23.4 Å². The average molecular weight is 378 g/mol. The third kappa shape index (κ3) is 4.87. The molecule has 0 bridgehead atoms. The van der Waals surface area contributed by atoms with Crippen LogP contribution in [0, 0.1) is 10.1 Å². The molecular weight excluding hydrogens is 352 g/mol. The molecule has 1 aliphatic rings. The summed E-state index contributed by atoms with van der Waals surface area (Å²) in [5, 5.41) is 23.8. The van der Waals surface area contributed by atoms with Crippen LogP contribution in [-0.2, 0) is 0 Å². The van der Waals surface area contributed by atoms with Gasteiger partial charge in [-0.25, -0.2) is 4.79 Å². The Kier molecular flexibility index (Phi) is 6.98. The largest absolute Gasteiger partial charge is 0.465 e. The molecule has 1 fully saturated rings. The van der Waals surface area contributed by atoms with E-state index in [0.717, 1.165) is 12.8 Å². The molecule has 0 aromatic heterocycles. The number of amides is 2. The van der Waals surface area contributed by atoms with Gasteiger partial charge < -0.3 is 20.2 Å². The Morgan fingerprint density at radius 3 is 2.63 bits per heavy atom. The fourth-order valence-corrected chi connectivity index (χ4v) is 3.35. The van der Waals surface area contributed by atoms with E-state index in [2.05, 4.69) is 5.32 Å². The van der Waals surface area contributed by atoms with Crippen LogP contribution in [0.2, 0.25) is 0 Å². The molecular formula is C18H26N4O5.